The zero-order valence-corrected chi connectivity index (χ0v) is 13.0. The number of hydrogen-bond donors (Lipinski definition) is 2. The normalized spacial score (nSPS) is 9.68. The molecule has 0 saturated heterocycles. The van der Waals surface area contributed by atoms with E-state index in [1.54, 1.807) is 6.07 Å². The Hall–Kier alpha value is -0.750. The fourth-order valence-electron chi connectivity index (χ4n) is 1.58. The molecule has 5 nitrogen and oxygen atoms in total. The first-order chi connectivity index (χ1) is 8.21. The van der Waals surface area contributed by atoms with Crippen LogP contribution in [0.15, 0.2) is 16.7 Å². The summed E-state index contributed by atoms with van der Waals surface area (Å²) < 4.78 is 5.11. The summed E-state index contributed by atoms with van der Waals surface area (Å²) in [4.78, 5) is 14.0. The summed E-state index contributed by atoms with van der Waals surface area (Å²) in [5.74, 6) is 0.513. The van der Waals surface area contributed by atoms with E-state index >= 15 is 0 Å². The highest BCUT2D eigenvalue weighted by atomic mass is 35.5. The van der Waals surface area contributed by atoms with E-state index in [9.17, 15) is 4.79 Å². The van der Waals surface area contributed by atoms with Crippen LogP contribution < -0.4 is 11.1 Å². The molecule has 0 saturated carbocycles. The molecule has 0 aliphatic rings. The molecule has 19 heavy (non-hydrogen) atoms. The highest BCUT2D eigenvalue weighted by Gasteiger charge is 2.09. The molecule has 1 aromatic heterocycles. The van der Waals surface area contributed by atoms with Gasteiger partial charge in [0.1, 0.15) is 12.0 Å². The number of rotatable bonds is 7. The predicted molar refractivity (Wildman–Crippen MR) is 81.2 cm³/mol. The van der Waals surface area contributed by atoms with Crippen molar-refractivity contribution in [3.05, 3.63) is 23.7 Å². The molecule has 0 bridgehead atoms. The van der Waals surface area contributed by atoms with Gasteiger partial charge in [-0.15, -0.1) is 24.8 Å². The SMILES string of the molecule is CCN(CC)CCNC(=O)c1coc(CN)c1.Cl.Cl. The topological polar surface area (TPSA) is 71.5 Å². The molecule has 1 amide bonds. The predicted octanol–water partition coefficient (Wildman–Crippen LogP) is 1.65. The quantitative estimate of drug-likeness (QED) is 0.803. The van der Waals surface area contributed by atoms with Crippen molar-refractivity contribution in [3.8, 4) is 0 Å². The second kappa shape index (κ2) is 11.1. The van der Waals surface area contributed by atoms with Crippen LogP contribution in [0.5, 0.6) is 0 Å². The molecule has 0 unspecified atom stereocenters. The Kier molecular flexibility index (Phi) is 12.0. The van der Waals surface area contributed by atoms with Gasteiger partial charge in [-0.25, -0.2) is 0 Å². The number of furan rings is 1. The maximum absolute atomic E-state index is 11.7. The van der Waals surface area contributed by atoms with Crippen LogP contribution in [-0.4, -0.2) is 37.0 Å². The second-order valence-corrected chi connectivity index (χ2v) is 3.79. The van der Waals surface area contributed by atoms with Crippen molar-refractivity contribution in [2.45, 2.75) is 20.4 Å². The molecule has 3 N–H and O–H groups in total. The largest absolute Gasteiger partial charge is 0.467 e. The minimum Gasteiger partial charge on any atom is -0.467 e. The van der Waals surface area contributed by atoms with E-state index in [1.807, 2.05) is 0 Å². The highest BCUT2D eigenvalue weighted by molar-refractivity contribution is 5.93. The average Bonchev–Trinajstić information content (AvgIpc) is 2.83. The number of carbonyl (C=O) groups is 1. The van der Waals surface area contributed by atoms with Gasteiger partial charge in [-0.2, -0.15) is 0 Å². The minimum absolute atomic E-state index is 0. The van der Waals surface area contributed by atoms with Crippen LogP contribution in [0.25, 0.3) is 0 Å². The van der Waals surface area contributed by atoms with Crippen molar-refractivity contribution < 1.29 is 9.21 Å². The lowest BCUT2D eigenvalue weighted by Gasteiger charge is -2.17. The van der Waals surface area contributed by atoms with Crippen molar-refractivity contribution in [1.82, 2.24) is 10.2 Å². The Morgan fingerprint density at radius 1 is 1.37 bits per heavy atom. The Balaban J connectivity index is 0. The Morgan fingerprint density at radius 3 is 2.47 bits per heavy atom. The van der Waals surface area contributed by atoms with E-state index in [1.165, 1.54) is 6.26 Å². The third-order valence-electron chi connectivity index (χ3n) is 2.73. The first-order valence-electron chi connectivity index (χ1n) is 5.99. The molecule has 1 aromatic rings. The maximum Gasteiger partial charge on any atom is 0.254 e. The van der Waals surface area contributed by atoms with Gasteiger partial charge in [0, 0.05) is 13.1 Å². The minimum atomic E-state index is -0.111. The van der Waals surface area contributed by atoms with Crippen LogP contribution in [0, 0.1) is 0 Å². The number of nitrogens with zero attached hydrogens (tertiary/aromatic N) is 1. The lowest BCUT2D eigenvalue weighted by Crippen LogP contribution is -2.34. The lowest BCUT2D eigenvalue weighted by atomic mass is 10.3. The maximum atomic E-state index is 11.7. The molecule has 112 valence electrons. The van der Waals surface area contributed by atoms with Crippen molar-refractivity contribution in [3.63, 3.8) is 0 Å². The first kappa shape index (κ1) is 20.6. The summed E-state index contributed by atoms with van der Waals surface area (Å²) in [7, 11) is 0. The van der Waals surface area contributed by atoms with Gasteiger partial charge in [0.05, 0.1) is 12.1 Å². The average molecular weight is 312 g/mol. The summed E-state index contributed by atoms with van der Waals surface area (Å²) >= 11 is 0. The van der Waals surface area contributed by atoms with Gasteiger partial charge in [-0.05, 0) is 19.2 Å². The third-order valence-corrected chi connectivity index (χ3v) is 2.73. The van der Waals surface area contributed by atoms with E-state index in [0.29, 0.717) is 24.4 Å². The molecule has 1 rings (SSSR count). The molecule has 0 aliphatic carbocycles. The molecular formula is C12H23Cl2N3O2. The van der Waals surface area contributed by atoms with Gasteiger partial charge in [-0.3, -0.25) is 4.79 Å². The van der Waals surface area contributed by atoms with Gasteiger partial charge in [0.2, 0.25) is 0 Å². The number of nitrogens with two attached hydrogens (primary N) is 1. The van der Waals surface area contributed by atoms with Crippen molar-refractivity contribution >= 4 is 30.7 Å². The molecule has 0 atom stereocenters. The summed E-state index contributed by atoms with van der Waals surface area (Å²) in [6, 6.07) is 1.67. The number of hydrogen-bond acceptors (Lipinski definition) is 4. The van der Waals surface area contributed by atoms with E-state index < -0.39 is 0 Å². The van der Waals surface area contributed by atoms with Crippen molar-refractivity contribution in [2.24, 2.45) is 5.73 Å². The van der Waals surface area contributed by atoms with Crippen LogP contribution in [-0.2, 0) is 6.54 Å². The number of halogens is 2. The summed E-state index contributed by atoms with van der Waals surface area (Å²) in [5, 5.41) is 2.85. The van der Waals surface area contributed by atoms with Crippen LogP contribution in [0.1, 0.15) is 30.0 Å². The molecule has 0 aromatic carbocycles. The standard InChI is InChI=1S/C12H21N3O2.2ClH/c1-3-15(4-2)6-5-14-12(16)10-7-11(8-13)17-9-10;;/h7,9H,3-6,8,13H2,1-2H3,(H,14,16);2*1H. The Bertz CT molecular complexity index is 354. The second-order valence-electron chi connectivity index (χ2n) is 3.79. The van der Waals surface area contributed by atoms with Crippen LogP contribution in [0.4, 0.5) is 0 Å². The van der Waals surface area contributed by atoms with Gasteiger partial charge >= 0.3 is 0 Å². The summed E-state index contributed by atoms with van der Waals surface area (Å²) in [5.41, 5.74) is 5.94. The van der Waals surface area contributed by atoms with Crippen LogP contribution in [0.3, 0.4) is 0 Å². The zero-order chi connectivity index (χ0) is 12.7. The van der Waals surface area contributed by atoms with Gasteiger partial charge < -0.3 is 20.4 Å². The van der Waals surface area contributed by atoms with Crippen LogP contribution >= 0.6 is 24.8 Å². The number of likely N-dealkylation sites (N-methyl/N-ethyl adjacent to an activating group) is 1. The fraction of sp³-hybridized carbons (Fsp3) is 0.583. The third kappa shape index (κ3) is 6.82. The molecule has 0 radical (unpaired) electrons. The first-order valence-corrected chi connectivity index (χ1v) is 5.99. The smallest absolute Gasteiger partial charge is 0.254 e. The van der Waals surface area contributed by atoms with Crippen molar-refractivity contribution in [1.29, 1.82) is 0 Å². The van der Waals surface area contributed by atoms with E-state index in [-0.39, 0.29) is 30.7 Å². The number of amides is 1. The monoisotopic (exact) mass is 311 g/mol. The van der Waals surface area contributed by atoms with E-state index in [0.717, 1.165) is 19.6 Å². The zero-order valence-electron chi connectivity index (χ0n) is 11.3. The molecule has 1 heterocycles. The van der Waals surface area contributed by atoms with Gasteiger partial charge in [0.25, 0.3) is 5.91 Å². The molecule has 7 heteroatoms. The van der Waals surface area contributed by atoms with Crippen LogP contribution in [0.2, 0.25) is 0 Å². The molecule has 0 aliphatic heterocycles. The van der Waals surface area contributed by atoms with Gasteiger partial charge in [0.15, 0.2) is 0 Å². The molecular weight excluding hydrogens is 289 g/mol. The Labute approximate surface area is 126 Å². The van der Waals surface area contributed by atoms with E-state index in [4.69, 9.17) is 10.2 Å². The lowest BCUT2D eigenvalue weighted by molar-refractivity contribution is 0.0948. The summed E-state index contributed by atoms with van der Waals surface area (Å²) in [6.45, 7) is 8.02. The Morgan fingerprint density at radius 2 is 2.00 bits per heavy atom. The molecule has 0 spiro atoms. The van der Waals surface area contributed by atoms with E-state index in [2.05, 4.69) is 24.1 Å². The number of nitrogens with one attached hydrogen (secondary N) is 1. The molecule has 0 fully saturated rings. The summed E-state index contributed by atoms with van der Waals surface area (Å²) in [6.07, 6.45) is 1.44. The van der Waals surface area contributed by atoms with Crippen molar-refractivity contribution in [2.75, 3.05) is 26.2 Å². The fourth-order valence-corrected chi connectivity index (χ4v) is 1.58. The van der Waals surface area contributed by atoms with Gasteiger partial charge in [-0.1, -0.05) is 13.8 Å². The number of carbonyl (C=O) groups excluding carboxylic acids is 1. The highest BCUT2D eigenvalue weighted by Crippen LogP contribution is 2.06.